The van der Waals surface area contributed by atoms with Crippen molar-refractivity contribution < 1.29 is 19.1 Å². The van der Waals surface area contributed by atoms with E-state index < -0.39 is 0 Å². The van der Waals surface area contributed by atoms with E-state index in [0.717, 1.165) is 76.1 Å². The van der Waals surface area contributed by atoms with Gasteiger partial charge in [0, 0.05) is 39.3 Å². The van der Waals surface area contributed by atoms with E-state index >= 15 is 0 Å². The van der Waals surface area contributed by atoms with E-state index in [0.29, 0.717) is 13.2 Å². The second-order valence-electron chi connectivity index (χ2n) is 9.52. The molecule has 0 N–H and O–H groups in total. The predicted molar refractivity (Wildman–Crippen MR) is 143 cm³/mol. The molecule has 0 aliphatic carbocycles. The van der Waals surface area contributed by atoms with Crippen LogP contribution in [0.25, 0.3) is 0 Å². The first kappa shape index (κ1) is 27.9. The largest absolute Gasteiger partial charge is 0.464 e. The van der Waals surface area contributed by atoms with E-state index in [4.69, 9.17) is 9.47 Å². The van der Waals surface area contributed by atoms with Crippen molar-refractivity contribution in [3.63, 3.8) is 0 Å². The maximum atomic E-state index is 12.7. The molecule has 2 unspecified atom stereocenters. The third kappa shape index (κ3) is 8.75. The van der Waals surface area contributed by atoms with Gasteiger partial charge >= 0.3 is 11.9 Å². The summed E-state index contributed by atoms with van der Waals surface area (Å²) in [6.45, 7) is 10.2. The molecule has 1 heterocycles. The zero-order valence-electron chi connectivity index (χ0n) is 21.9. The highest BCUT2D eigenvalue weighted by atomic mass is 16.5. The van der Waals surface area contributed by atoms with Crippen molar-refractivity contribution in [2.45, 2.75) is 51.4 Å². The average Bonchev–Trinajstić information content (AvgIpc) is 2.92. The molecule has 1 aliphatic rings. The number of benzene rings is 2. The van der Waals surface area contributed by atoms with Crippen LogP contribution in [-0.4, -0.2) is 74.2 Å². The molecule has 0 radical (unpaired) electrons. The van der Waals surface area contributed by atoms with Crippen LogP contribution in [0.1, 0.15) is 62.5 Å². The first-order valence-electron chi connectivity index (χ1n) is 13.5. The van der Waals surface area contributed by atoms with Crippen molar-refractivity contribution in [2.75, 3.05) is 52.5 Å². The van der Waals surface area contributed by atoms with Gasteiger partial charge in [0.05, 0.1) is 11.8 Å². The van der Waals surface area contributed by atoms with Gasteiger partial charge < -0.3 is 9.47 Å². The first-order chi connectivity index (χ1) is 17.6. The van der Waals surface area contributed by atoms with Gasteiger partial charge in [0.15, 0.2) is 0 Å². The standard InChI is InChI=1S/C30H42N2O4/c1-3-11-27(25-13-7-5-8-14-25)29(33)35-23-21-31-17-19-32(20-18-31)22-24-36-30(34)28(12-4-2)26-15-9-6-10-16-26/h5-10,13-16,27-28H,3-4,11-12,17-24H2,1-2H3. The number of hydrogen-bond donors (Lipinski definition) is 0. The minimum absolute atomic E-state index is 0.125. The van der Waals surface area contributed by atoms with Crippen molar-refractivity contribution in [2.24, 2.45) is 0 Å². The second kappa shape index (κ2) is 15.4. The molecule has 2 aromatic rings. The molecule has 6 nitrogen and oxygen atoms in total. The molecule has 0 bridgehead atoms. The molecule has 0 aromatic heterocycles. The Labute approximate surface area is 216 Å². The van der Waals surface area contributed by atoms with Gasteiger partial charge in [-0.25, -0.2) is 0 Å². The Bertz CT molecular complexity index is 822. The van der Waals surface area contributed by atoms with Gasteiger partial charge in [0.25, 0.3) is 0 Å². The lowest BCUT2D eigenvalue weighted by Gasteiger charge is -2.34. The minimum Gasteiger partial charge on any atom is -0.464 e. The maximum absolute atomic E-state index is 12.7. The highest BCUT2D eigenvalue weighted by Gasteiger charge is 2.23. The summed E-state index contributed by atoms with van der Waals surface area (Å²) in [5.41, 5.74) is 2.06. The third-order valence-electron chi connectivity index (χ3n) is 6.90. The molecular weight excluding hydrogens is 452 g/mol. The number of hydrogen-bond acceptors (Lipinski definition) is 6. The molecule has 2 aromatic carbocycles. The lowest BCUT2D eigenvalue weighted by molar-refractivity contribution is -0.147. The fraction of sp³-hybridized carbons (Fsp3) is 0.533. The van der Waals surface area contributed by atoms with Gasteiger partial charge in [-0.1, -0.05) is 87.4 Å². The second-order valence-corrected chi connectivity index (χ2v) is 9.52. The van der Waals surface area contributed by atoms with Crippen LogP contribution >= 0.6 is 0 Å². The molecule has 196 valence electrons. The Kier molecular flexibility index (Phi) is 11.9. The van der Waals surface area contributed by atoms with Crippen molar-refractivity contribution in [3.05, 3.63) is 71.8 Å². The fourth-order valence-corrected chi connectivity index (χ4v) is 4.78. The number of rotatable bonds is 14. The predicted octanol–water partition coefficient (Wildman–Crippen LogP) is 4.86. The molecule has 0 amide bonds. The number of esters is 2. The first-order valence-corrected chi connectivity index (χ1v) is 13.5. The molecule has 36 heavy (non-hydrogen) atoms. The lowest BCUT2D eigenvalue weighted by Crippen LogP contribution is -2.48. The van der Waals surface area contributed by atoms with Crippen molar-refractivity contribution in [3.8, 4) is 0 Å². The molecular formula is C30H42N2O4. The van der Waals surface area contributed by atoms with Gasteiger partial charge in [0.1, 0.15) is 13.2 Å². The highest BCUT2D eigenvalue weighted by molar-refractivity contribution is 5.78. The molecule has 0 saturated carbocycles. The third-order valence-corrected chi connectivity index (χ3v) is 6.90. The topological polar surface area (TPSA) is 59.1 Å². The number of carbonyl (C=O) groups is 2. The molecule has 1 aliphatic heterocycles. The zero-order valence-corrected chi connectivity index (χ0v) is 21.9. The number of ether oxygens (including phenoxy) is 2. The van der Waals surface area contributed by atoms with Crippen molar-refractivity contribution >= 4 is 11.9 Å². The summed E-state index contributed by atoms with van der Waals surface area (Å²) in [5.74, 6) is -0.620. The minimum atomic E-state index is -0.186. The fourth-order valence-electron chi connectivity index (χ4n) is 4.78. The van der Waals surface area contributed by atoms with Crippen LogP contribution in [-0.2, 0) is 19.1 Å². The van der Waals surface area contributed by atoms with Crippen LogP contribution in [0.2, 0.25) is 0 Å². The Balaban J connectivity index is 1.33. The van der Waals surface area contributed by atoms with E-state index in [2.05, 4.69) is 23.6 Å². The number of nitrogens with zero attached hydrogens (tertiary/aromatic N) is 2. The average molecular weight is 495 g/mol. The van der Waals surface area contributed by atoms with Crippen LogP contribution in [0.3, 0.4) is 0 Å². The van der Waals surface area contributed by atoms with E-state index in [1.54, 1.807) is 0 Å². The number of piperazine rings is 1. The summed E-state index contributed by atoms with van der Waals surface area (Å²) >= 11 is 0. The normalized spacial score (nSPS) is 16.3. The van der Waals surface area contributed by atoms with Gasteiger partial charge in [-0.3, -0.25) is 19.4 Å². The summed E-state index contributed by atoms with van der Waals surface area (Å²) in [5, 5.41) is 0. The molecule has 3 rings (SSSR count). The van der Waals surface area contributed by atoms with Crippen molar-refractivity contribution in [1.82, 2.24) is 9.80 Å². The van der Waals surface area contributed by atoms with Gasteiger partial charge in [-0.2, -0.15) is 0 Å². The SMILES string of the molecule is CCCC(C(=O)OCCN1CCN(CCOC(=O)C(CCC)c2ccccc2)CC1)c1ccccc1. The van der Waals surface area contributed by atoms with Crippen molar-refractivity contribution in [1.29, 1.82) is 0 Å². The Morgan fingerprint density at radius 2 is 1.03 bits per heavy atom. The Morgan fingerprint density at radius 3 is 1.36 bits per heavy atom. The van der Waals surface area contributed by atoms with E-state index in [1.807, 2.05) is 60.7 Å². The van der Waals surface area contributed by atoms with Crippen LogP contribution in [0, 0.1) is 0 Å². The monoisotopic (exact) mass is 494 g/mol. The smallest absolute Gasteiger partial charge is 0.313 e. The van der Waals surface area contributed by atoms with E-state index in [1.165, 1.54) is 0 Å². The summed E-state index contributed by atoms with van der Waals surface area (Å²) in [6.07, 6.45) is 3.49. The van der Waals surface area contributed by atoms with Gasteiger partial charge in [-0.05, 0) is 24.0 Å². The van der Waals surface area contributed by atoms with E-state index in [-0.39, 0.29) is 23.8 Å². The summed E-state index contributed by atoms with van der Waals surface area (Å²) < 4.78 is 11.3. The van der Waals surface area contributed by atoms with Crippen LogP contribution in [0.15, 0.2) is 60.7 Å². The number of carbonyl (C=O) groups excluding carboxylic acids is 2. The van der Waals surface area contributed by atoms with E-state index in [9.17, 15) is 9.59 Å². The van der Waals surface area contributed by atoms with Crippen LogP contribution in [0.5, 0.6) is 0 Å². The van der Waals surface area contributed by atoms with Crippen LogP contribution in [0.4, 0.5) is 0 Å². The quantitative estimate of drug-likeness (QED) is 0.350. The van der Waals surface area contributed by atoms with Crippen LogP contribution < -0.4 is 0 Å². The summed E-state index contributed by atoms with van der Waals surface area (Å²) in [6, 6.07) is 19.8. The molecule has 0 spiro atoms. The Hall–Kier alpha value is -2.70. The highest BCUT2D eigenvalue weighted by Crippen LogP contribution is 2.23. The zero-order chi connectivity index (χ0) is 25.6. The molecule has 1 fully saturated rings. The van der Waals surface area contributed by atoms with Gasteiger partial charge in [-0.15, -0.1) is 0 Å². The molecule has 1 saturated heterocycles. The summed E-state index contributed by atoms with van der Waals surface area (Å²) in [4.78, 5) is 30.0. The molecule has 2 atom stereocenters. The molecule has 6 heteroatoms. The summed E-state index contributed by atoms with van der Waals surface area (Å²) in [7, 11) is 0. The maximum Gasteiger partial charge on any atom is 0.313 e. The lowest BCUT2D eigenvalue weighted by atomic mass is 9.95. The Morgan fingerprint density at radius 1 is 0.667 bits per heavy atom. The van der Waals surface area contributed by atoms with Gasteiger partial charge in [0.2, 0.25) is 0 Å².